The molecule has 0 aliphatic heterocycles. The van der Waals surface area contributed by atoms with Crippen molar-refractivity contribution in [2.24, 2.45) is 11.1 Å². The van der Waals surface area contributed by atoms with Gasteiger partial charge in [0.1, 0.15) is 15.6 Å². The average Bonchev–Trinajstić information content (AvgIpc) is 3.09. The van der Waals surface area contributed by atoms with Crippen LogP contribution in [0.3, 0.4) is 0 Å². The van der Waals surface area contributed by atoms with Crippen LogP contribution in [0.15, 0.2) is 30.3 Å². The lowest BCUT2D eigenvalue weighted by molar-refractivity contribution is -0.170. The first-order valence-electron chi connectivity index (χ1n) is 8.45. The van der Waals surface area contributed by atoms with Gasteiger partial charge in [-0.25, -0.2) is 0 Å². The zero-order chi connectivity index (χ0) is 18.1. The minimum absolute atomic E-state index is 0.0134. The lowest BCUT2D eigenvalue weighted by Gasteiger charge is -2.57. The van der Waals surface area contributed by atoms with Crippen molar-refractivity contribution in [1.29, 1.82) is 0 Å². The summed E-state index contributed by atoms with van der Waals surface area (Å²) in [6.45, 7) is 6.87. The van der Waals surface area contributed by atoms with Gasteiger partial charge in [-0.15, -0.1) is 10.2 Å². The first kappa shape index (κ1) is 18.0. The largest absolute Gasteiger partial charge is 0.378 e. The molecule has 0 radical (unpaired) electrons. The predicted molar refractivity (Wildman–Crippen MR) is 97.9 cm³/mol. The number of nitrogens with one attached hydrogen (secondary N) is 1. The van der Waals surface area contributed by atoms with Gasteiger partial charge >= 0.3 is 0 Å². The number of carbonyl (C=O) groups excluding carboxylic acids is 1. The second-order valence-corrected chi connectivity index (χ2v) is 7.95. The molecule has 134 valence electrons. The van der Waals surface area contributed by atoms with Crippen LogP contribution in [-0.2, 0) is 16.1 Å². The van der Waals surface area contributed by atoms with Gasteiger partial charge in [-0.3, -0.25) is 4.79 Å². The van der Waals surface area contributed by atoms with E-state index in [4.69, 9.17) is 10.5 Å². The molecule has 0 saturated heterocycles. The minimum Gasteiger partial charge on any atom is -0.378 e. The molecule has 25 heavy (non-hydrogen) atoms. The third kappa shape index (κ3) is 3.19. The third-order valence-electron chi connectivity index (χ3n) is 5.12. The second-order valence-electron chi connectivity index (χ2n) is 6.89. The van der Waals surface area contributed by atoms with Gasteiger partial charge in [-0.2, -0.15) is 0 Å². The number of hydrogen-bond donors (Lipinski definition) is 2. The van der Waals surface area contributed by atoms with Gasteiger partial charge in [0.05, 0.1) is 12.6 Å². The molecule has 3 rings (SSSR count). The van der Waals surface area contributed by atoms with Crippen LogP contribution in [0.25, 0.3) is 10.6 Å². The highest BCUT2D eigenvalue weighted by atomic mass is 32.1. The van der Waals surface area contributed by atoms with E-state index in [0.29, 0.717) is 19.6 Å². The van der Waals surface area contributed by atoms with Gasteiger partial charge < -0.3 is 15.8 Å². The van der Waals surface area contributed by atoms with Crippen LogP contribution in [0.1, 0.15) is 32.2 Å². The number of carbonyl (C=O) groups is 1. The number of nitrogens with two attached hydrogens (primary N) is 1. The fraction of sp³-hybridized carbons (Fsp3) is 0.500. The van der Waals surface area contributed by atoms with Crippen molar-refractivity contribution in [2.45, 2.75) is 45.4 Å². The maximum Gasteiger partial charge on any atom is 0.241 e. The van der Waals surface area contributed by atoms with Gasteiger partial charge in [0, 0.05) is 24.0 Å². The Morgan fingerprint density at radius 2 is 2.08 bits per heavy atom. The van der Waals surface area contributed by atoms with Crippen molar-refractivity contribution in [2.75, 3.05) is 6.61 Å². The van der Waals surface area contributed by atoms with Crippen molar-refractivity contribution >= 4 is 17.2 Å². The summed E-state index contributed by atoms with van der Waals surface area (Å²) in [7, 11) is 0. The number of hydrogen-bond acceptors (Lipinski definition) is 6. The summed E-state index contributed by atoms with van der Waals surface area (Å²) in [5.41, 5.74) is 6.09. The van der Waals surface area contributed by atoms with E-state index in [1.165, 1.54) is 11.3 Å². The van der Waals surface area contributed by atoms with Gasteiger partial charge in [-0.1, -0.05) is 55.5 Å². The highest BCUT2D eigenvalue weighted by molar-refractivity contribution is 7.14. The number of rotatable bonds is 6. The van der Waals surface area contributed by atoms with E-state index >= 15 is 0 Å². The Balaban J connectivity index is 1.61. The number of aromatic nitrogens is 2. The fourth-order valence-corrected chi connectivity index (χ4v) is 3.94. The van der Waals surface area contributed by atoms with Crippen molar-refractivity contribution in [3.05, 3.63) is 35.3 Å². The molecule has 1 fully saturated rings. The van der Waals surface area contributed by atoms with E-state index < -0.39 is 11.0 Å². The number of amides is 1. The van der Waals surface area contributed by atoms with Gasteiger partial charge in [0.15, 0.2) is 0 Å². The first-order valence-corrected chi connectivity index (χ1v) is 9.26. The SMILES string of the molecule is CCOC1CC(N)(C(=O)NCc2nnc(-c3ccccc3)s2)C1(C)C. The van der Waals surface area contributed by atoms with Gasteiger partial charge in [-0.05, 0) is 6.92 Å². The molecule has 1 heterocycles. The molecule has 0 spiro atoms. The van der Waals surface area contributed by atoms with Crippen molar-refractivity contribution in [3.8, 4) is 10.6 Å². The summed E-state index contributed by atoms with van der Waals surface area (Å²) in [5, 5.41) is 12.9. The predicted octanol–water partition coefficient (Wildman–Crippen LogP) is 2.35. The molecule has 0 bridgehead atoms. The lowest BCUT2D eigenvalue weighted by Crippen LogP contribution is -2.75. The van der Waals surface area contributed by atoms with E-state index in [1.54, 1.807) is 0 Å². The summed E-state index contributed by atoms with van der Waals surface area (Å²) < 4.78 is 5.67. The van der Waals surface area contributed by atoms with Crippen molar-refractivity contribution < 1.29 is 9.53 Å². The van der Waals surface area contributed by atoms with E-state index in [9.17, 15) is 4.79 Å². The Morgan fingerprint density at radius 3 is 2.72 bits per heavy atom. The molecule has 2 atom stereocenters. The Morgan fingerprint density at radius 1 is 1.36 bits per heavy atom. The Labute approximate surface area is 151 Å². The molecule has 6 nitrogen and oxygen atoms in total. The number of ether oxygens (including phenoxy) is 1. The molecule has 7 heteroatoms. The molecular formula is C18H24N4O2S. The molecule has 1 amide bonds. The number of benzene rings is 1. The Hall–Kier alpha value is -1.83. The van der Waals surface area contributed by atoms with Crippen molar-refractivity contribution in [3.63, 3.8) is 0 Å². The summed E-state index contributed by atoms with van der Waals surface area (Å²) in [6, 6.07) is 9.86. The average molecular weight is 360 g/mol. The van der Waals surface area contributed by atoms with Crippen LogP contribution < -0.4 is 11.1 Å². The van der Waals surface area contributed by atoms with Crippen LogP contribution in [0.2, 0.25) is 0 Å². The van der Waals surface area contributed by atoms with Gasteiger partial charge in [0.2, 0.25) is 5.91 Å². The van der Waals surface area contributed by atoms with Gasteiger partial charge in [0.25, 0.3) is 0 Å². The molecular weight excluding hydrogens is 336 g/mol. The summed E-state index contributed by atoms with van der Waals surface area (Å²) in [4.78, 5) is 12.6. The number of nitrogens with zero attached hydrogens (tertiary/aromatic N) is 2. The maximum atomic E-state index is 12.6. The molecule has 2 unspecified atom stereocenters. The van der Waals surface area contributed by atoms with Crippen LogP contribution in [0, 0.1) is 5.41 Å². The first-order chi connectivity index (χ1) is 11.9. The zero-order valence-corrected chi connectivity index (χ0v) is 15.6. The summed E-state index contributed by atoms with van der Waals surface area (Å²) in [5.74, 6) is -0.162. The Kier molecular flexibility index (Phi) is 4.90. The smallest absolute Gasteiger partial charge is 0.241 e. The van der Waals surface area contributed by atoms with E-state index in [2.05, 4.69) is 15.5 Å². The minimum atomic E-state index is -0.917. The fourth-order valence-electron chi connectivity index (χ4n) is 3.16. The van der Waals surface area contributed by atoms with E-state index in [1.807, 2.05) is 51.1 Å². The topological polar surface area (TPSA) is 90.1 Å². The Bertz CT molecular complexity index is 747. The van der Waals surface area contributed by atoms with Crippen LogP contribution in [0.5, 0.6) is 0 Å². The van der Waals surface area contributed by atoms with Crippen LogP contribution in [0.4, 0.5) is 0 Å². The highest BCUT2D eigenvalue weighted by Crippen LogP contribution is 2.49. The van der Waals surface area contributed by atoms with E-state index in [-0.39, 0.29) is 12.0 Å². The van der Waals surface area contributed by atoms with Crippen molar-refractivity contribution in [1.82, 2.24) is 15.5 Å². The molecule has 1 aliphatic rings. The highest BCUT2D eigenvalue weighted by Gasteiger charge is 2.62. The maximum absolute atomic E-state index is 12.6. The molecule has 3 N–H and O–H groups in total. The lowest BCUT2D eigenvalue weighted by atomic mass is 9.54. The monoisotopic (exact) mass is 360 g/mol. The molecule has 1 saturated carbocycles. The molecule has 2 aromatic rings. The molecule has 1 aliphatic carbocycles. The molecule has 1 aromatic carbocycles. The molecule has 1 aromatic heterocycles. The summed E-state index contributed by atoms with van der Waals surface area (Å²) >= 11 is 1.47. The summed E-state index contributed by atoms with van der Waals surface area (Å²) in [6.07, 6.45) is 0.546. The van der Waals surface area contributed by atoms with E-state index in [0.717, 1.165) is 15.6 Å². The van der Waals surface area contributed by atoms with Crippen LogP contribution >= 0.6 is 11.3 Å². The normalized spacial score (nSPS) is 24.6. The standard InChI is InChI=1S/C18H24N4O2S/c1-4-24-13-10-18(19,17(13,2)3)16(23)20-11-14-21-22-15(25-14)12-8-6-5-7-9-12/h5-9,13H,4,10-11,19H2,1-3H3,(H,20,23). The second kappa shape index (κ2) is 6.82. The quantitative estimate of drug-likeness (QED) is 0.825. The zero-order valence-electron chi connectivity index (χ0n) is 14.8. The third-order valence-corrected chi connectivity index (χ3v) is 6.10. The van der Waals surface area contributed by atoms with Crippen LogP contribution in [-0.4, -0.2) is 34.4 Å².